The molecule has 1 N–H and O–H groups in total. The van der Waals surface area contributed by atoms with E-state index >= 15 is 0 Å². The first-order chi connectivity index (χ1) is 13.8. The molecule has 0 radical (unpaired) electrons. The van der Waals surface area contributed by atoms with Gasteiger partial charge in [-0.3, -0.25) is 9.48 Å². The maximum Gasteiger partial charge on any atom is 0.261 e. The number of thiophene rings is 1. The van der Waals surface area contributed by atoms with Crippen molar-refractivity contribution in [1.82, 2.24) is 24.9 Å². The first-order valence-electron chi connectivity index (χ1n) is 9.69. The van der Waals surface area contributed by atoms with Crippen LogP contribution in [-0.2, 0) is 13.5 Å². The first kappa shape index (κ1) is 19.4. The zero-order valence-corrected chi connectivity index (χ0v) is 18.2. The zero-order chi connectivity index (χ0) is 20.7. The molecule has 0 spiro atoms. The molecular formula is C22H25N5OS. The van der Waals surface area contributed by atoms with Crippen LogP contribution in [0, 0.1) is 20.8 Å². The molecule has 1 atom stereocenters. The van der Waals surface area contributed by atoms with Gasteiger partial charge >= 0.3 is 0 Å². The number of nitrogens with one attached hydrogen (secondary N) is 1. The third-order valence-corrected chi connectivity index (χ3v) is 6.43. The van der Waals surface area contributed by atoms with E-state index in [9.17, 15) is 4.79 Å². The molecule has 3 aromatic heterocycles. The van der Waals surface area contributed by atoms with Crippen molar-refractivity contribution in [2.24, 2.45) is 7.05 Å². The highest BCUT2D eigenvalue weighted by molar-refractivity contribution is 7.20. The van der Waals surface area contributed by atoms with E-state index in [1.54, 1.807) is 0 Å². The van der Waals surface area contributed by atoms with Crippen molar-refractivity contribution in [2.45, 2.75) is 40.2 Å². The molecule has 1 amide bonds. The number of aromatic nitrogens is 4. The van der Waals surface area contributed by atoms with Crippen molar-refractivity contribution in [1.29, 1.82) is 0 Å². The van der Waals surface area contributed by atoms with Gasteiger partial charge in [-0.25, -0.2) is 4.68 Å². The number of carbonyl (C=O) groups is 1. The standard InChI is InChI=1S/C22H25N5OS/c1-13(11-18-14(2)24-26(5)16(18)4)23-21(28)20-12-19-15(3)25-27(22(19)29-20)17-9-7-6-8-10-17/h6-10,12-13H,11H2,1-5H3,(H,23,28). The highest BCUT2D eigenvalue weighted by Crippen LogP contribution is 2.30. The van der Waals surface area contributed by atoms with Crippen molar-refractivity contribution < 1.29 is 4.79 Å². The molecule has 0 fully saturated rings. The van der Waals surface area contributed by atoms with E-state index in [0.29, 0.717) is 4.88 Å². The molecule has 0 aliphatic rings. The summed E-state index contributed by atoms with van der Waals surface area (Å²) < 4.78 is 3.81. The average Bonchev–Trinajstić information content (AvgIpc) is 3.33. The van der Waals surface area contributed by atoms with Crippen molar-refractivity contribution >= 4 is 27.5 Å². The minimum absolute atomic E-state index is 0.0148. The molecule has 1 unspecified atom stereocenters. The second kappa shape index (κ2) is 7.48. The average molecular weight is 408 g/mol. The summed E-state index contributed by atoms with van der Waals surface area (Å²) in [5.74, 6) is -0.0445. The lowest BCUT2D eigenvalue weighted by Crippen LogP contribution is -2.33. The largest absolute Gasteiger partial charge is 0.349 e. The van der Waals surface area contributed by atoms with Gasteiger partial charge in [-0.05, 0) is 57.9 Å². The Kier molecular flexibility index (Phi) is 5.00. The molecule has 0 aliphatic heterocycles. The number of rotatable bonds is 5. The van der Waals surface area contributed by atoms with Gasteiger partial charge in [-0.1, -0.05) is 18.2 Å². The molecule has 0 bridgehead atoms. The van der Waals surface area contributed by atoms with E-state index in [-0.39, 0.29) is 11.9 Å². The highest BCUT2D eigenvalue weighted by Gasteiger charge is 2.19. The topological polar surface area (TPSA) is 64.7 Å². The predicted octanol–water partition coefficient (Wildman–Crippen LogP) is 4.11. The number of aryl methyl sites for hydroxylation is 3. The van der Waals surface area contributed by atoms with Crippen LogP contribution in [0.1, 0.15) is 39.2 Å². The van der Waals surface area contributed by atoms with Crippen LogP contribution in [0.5, 0.6) is 0 Å². The van der Waals surface area contributed by atoms with E-state index in [0.717, 1.165) is 39.4 Å². The molecule has 4 rings (SSSR count). The van der Waals surface area contributed by atoms with Crippen LogP contribution < -0.4 is 5.32 Å². The van der Waals surface area contributed by atoms with Crippen LogP contribution in [0.25, 0.3) is 15.9 Å². The summed E-state index contributed by atoms with van der Waals surface area (Å²) in [7, 11) is 1.95. The van der Waals surface area contributed by atoms with Crippen molar-refractivity contribution in [3.63, 3.8) is 0 Å². The van der Waals surface area contributed by atoms with E-state index in [1.807, 2.05) is 73.6 Å². The smallest absolute Gasteiger partial charge is 0.261 e. The molecule has 150 valence electrons. The van der Waals surface area contributed by atoms with Gasteiger partial charge in [0.15, 0.2) is 0 Å². The lowest BCUT2D eigenvalue weighted by Gasteiger charge is -2.13. The summed E-state index contributed by atoms with van der Waals surface area (Å²) >= 11 is 1.48. The second-order valence-electron chi connectivity index (χ2n) is 7.51. The lowest BCUT2D eigenvalue weighted by atomic mass is 10.1. The number of hydrogen-bond donors (Lipinski definition) is 1. The SMILES string of the molecule is Cc1nn(C)c(C)c1CC(C)NC(=O)c1cc2c(C)nn(-c3ccccc3)c2s1. The van der Waals surface area contributed by atoms with Crippen molar-refractivity contribution in [3.05, 3.63) is 63.9 Å². The fourth-order valence-electron chi connectivity index (χ4n) is 3.67. The minimum Gasteiger partial charge on any atom is -0.349 e. The number of carbonyl (C=O) groups excluding carboxylic acids is 1. The molecule has 0 saturated carbocycles. The summed E-state index contributed by atoms with van der Waals surface area (Å²) in [5.41, 5.74) is 5.28. The Morgan fingerprint density at radius 1 is 1.14 bits per heavy atom. The Hall–Kier alpha value is -2.93. The van der Waals surface area contributed by atoms with Gasteiger partial charge in [-0.2, -0.15) is 10.2 Å². The Bertz CT molecular complexity index is 1190. The van der Waals surface area contributed by atoms with Crippen molar-refractivity contribution in [2.75, 3.05) is 0 Å². The molecule has 29 heavy (non-hydrogen) atoms. The Morgan fingerprint density at radius 3 is 2.52 bits per heavy atom. The number of fused-ring (bicyclic) bond motifs is 1. The van der Waals surface area contributed by atoms with Gasteiger partial charge in [0.2, 0.25) is 0 Å². The maximum absolute atomic E-state index is 12.9. The highest BCUT2D eigenvalue weighted by atomic mass is 32.1. The fraction of sp³-hybridized carbons (Fsp3) is 0.318. The van der Waals surface area contributed by atoms with Gasteiger partial charge in [-0.15, -0.1) is 11.3 Å². The van der Waals surface area contributed by atoms with Gasteiger partial charge in [0.25, 0.3) is 5.91 Å². The van der Waals surface area contributed by atoms with E-state index < -0.39 is 0 Å². The summed E-state index contributed by atoms with van der Waals surface area (Å²) in [6.07, 6.45) is 0.763. The molecule has 7 heteroatoms. The van der Waals surface area contributed by atoms with Crippen LogP contribution in [0.2, 0.25) is 0 Å². The quantitative estimate of drug-likeness (QED) is 0.542. The Balaban J connectivity index is 1.56. The molecule has 6 nitrogen and oxygen atoms in total. The summed E-state index contributed by atoms with van der Waals surface area (Å²) in [6, 6.07) is 12.0. The monoisotopic (exact) mass is 407 g/mol. The third kappa shape index (κ3) is 3.58. The first-order valence-corrected chi connectivity index (χ1v) is 10.5. The molecule has 0 aliphatic carbocycles. The maximum atomic E-state index is 12.9. The normalized spacial score (nSPS) is 12.4. The van der Waals surface area contributed by atoms with Crippen LogP contribution in [0.4, 0.5) is 0 Å². The summed E-state index contributed by atoms with van der Waals surface area (Å²) in [4.78, 5) is 14.6. The molecular weight excluding hydrogens is 382 g/mol. The lowest BCUT2D eigenvalue weighted by molar-refractivity contribution is 0.0944. The number of benzene rings is 1. The zero-order valence-electron chi connectivity index (χ0n) is 17.4. The number of nitrogens with zero attached hydrogens (tertiary/aromatic N) is 4. The van der Waals surface area contributed by atoms with E-state index in [2.05, 4.69) is 22.4 Å². The fourth-order valence-corrected chi connectivity index (χ4v) is 4.75. The van der Waals surface area contributed by atoms with Crippen LogP contribution in [0.15, 0.2) is 36.4 Å². The van der Waals surface area contributed by atoms with Crippen LogP contribution in [-0.4, -0.2) is 31.5 Å². The van der Waals surface area contributed by atoms with Gasteiger partial charge in [0.05, 0.1) is 22.0 Å². The van der Waals surface area contributed by atoms with Gasteiger partial charge in [0.1, 0.15) is 4.83 Å². The Morgan fingerprint density at radius 2 is 1.86 bits per heavy atom. The number of para-hydroxylation sites is 1. The molecule has 4 aromatic rings. The molecule has 0 saturated heterocycles. The molecule has 3 heterocycles. The van der Waals surface area contributed by atoms with Gasteiger partial charge < -0.3 is 5.32 Å². The van der Waals surface area contributed by atoms with Crippen molar-refractivity contribution in [3.8, 4) is 5.69 Å². The minimum atomic E-state index is -0.0445. The molecule has 1 aromatic carbocycles. The third-order valence-electron chi connectivity index (χ3n) is 5.32. The van der Waals surface area contributed by atoms with Gasteiger partial charge in [0, 0.05) is 24.2 Å². The van der Waals surface area contributed by atoms with Crippen LogP contribution in [0.3, 0.4) is 0 Å². The van der Waals surface area contributed by atoms with E-state index in [1.165, 1.54) is 16.9 Å². The van der Waals surface area contributed by atoms with Crippen LogP contribution >= 0.6 is 11.3 Å². The summed E-state index contributed by atoms with van der Waals surface area (Å²) in [6.45, 7) is 8.09. The second-order valence-corrected chi connectivity index (χ2v) is 8.54. The Labute approximate surface area is 174 Å². The summed E-state index contributed by atoms with van der Waals surface area (Å²) in [5, 5.41) is 13.3. The number of hydrogen-bond acceptors (Lipinski definition) is 4. The van der Waals surface area contributed by atoms with E-state index in [4.69, 9.17) is 0 Å². The predicted molar refractivity (Wildman–Crippen MR) is 117 cm³/mol. The number of amides is 1.